The van der Waals surface area contributed by atoms with Crippen molar-refractivity contribution >= 4 is 17.2 Å². The highest BCUT2D eigenvalue weighted by Crippen LogP contribution is 2.23. The summed E-state index contributed by atoms with van der Waals surface area (Å²) in [6.07, 6.45) is 2.69. The Morgan fingerprint density at radius 2 is 2.17 bits per heavy atom. The van der Waals surface area contributed by atoms with Crippen LogP contribution in [-0.4, -0.2) is 33.9 Å². The number of nitrogens with one attached hydrogen (secondary N) is 1. The molecule has 1 aliphatic rings. The molecule has 0 radical (unpaired) electrons. The zero-order valence-corrected chi connectivity index (χ0v) is 14.9. The molecule has 24 heavy (non-hydrogen) atoms. The quantitative estimate of drug-likeness (QED) is 0.926. The van der Waals surface area contributed by atoms with Crippen molar-refractivity contribution in [2.45, 2.75) is 33.1 Å². The minimum Gasteiger partial charge on any atom is -0.342 e. The summed E-state index contributed by atoms with van der Waals surface area (Å²) in [6.45, 7) is 5.49. The number of likely N-dealkylation sites (tertiary alicyclic amines) is 1. The molecule has 0 aromatic carbocycles. The standard InChI is InChI=1S/C18H23N3O2S/c1-12(2)18(23)21-6-3-13(4-7-21)9-16-19-15(10-17(22)20-16)14-5-8-24-11-14/h5,8,10-13H,3-4,6-7,9H2,1-2H3,(H,19,20,22). The molecule has 2 aromatic rings. The number of hydrogen-bond donors (Lipinski definition) is 1. The second kappa shape index (κ2) is 7.30. The van der Waals surface area contributed by atoms with E-state index >= 15 is 0 Å². The molecule has 0 atom stereocenters. The second-order valence-electron chi connectivity index (χ2n) is 6.72. The zero-order valence-electron chi connectivity index (χ0n) is 14.1. The first-order valence-electron chi connectivity index (χ1n) is 8.44. The summed E-state index contributed by atoms with van der Waals surface area (Å²) in [6, 6.07) is 3.53. The lowest BCUT2D eigenvalue weighted by atomic mass is 9.92. The first-order valence-corrected chi connectivity index (χ1v) is 9.39. The number of carbonyl (C=O) groups excluding carboxylic acids is 1. The van der Waals surface area contributed by atoms with E-state index in [9.17, 15) is 9.59 Å². The molecule has 0 aliphatic carbocycles. The van der Waals surface area contributed by atoms with Gasteiger partial charge in [0.05, 0.1) is 5.69 Å². The molecule has 6 heteroatoms. The van der Waals surface area contributed by atoms with Gasteiger partial charge in [-0.25, -0.2) is 4.98 Å². The Morgan fingerprint density at radius 3 is 2.79 bits per heavy atom. The molecule has 1 amide bonds. The van der Waals surface area contributed by atoms with E-state index in [2.05, 4.69) is 9.97 Å². The van der Waals surface area contributed by atoms with E-state index in [1.54, 1.807) is 17.4 Å². The van der Waals surface area contributed by atoms with Crippen LogP contribution in [0.2, 0.25) is 0 Å². The first-order chi connectivity index (χ1) is 11.5. The highest BCUT2D eigenvalue weighted by atomic mass is 32.1. The fraction of sp³-hybridized carbons (Fsp3) is 0.500. The summed E-state index contributed by atoms with van der Waals surface area (Å²) < 4.78 is 0. The lowest BCUT2D eigenvalue weighted by molar-refractivity contribution is -0.135. The number of rotatable bonds is 4. The number of aromatic amines is 1. The van der Waals surface area contributed by atoms with Gasteiger partial charge >= 0.3 is 0 Å². The molecule has 3 rings (SSSR count). The van der Waals surface area contributed by atoms with Crippen molar-refractivity contribution in [3.05, 3.63) is 39.1 Å². The summed E-state index contributed by atoms with van der Waals surface area (Å²) in [7, 11) is 0. The lowest BCUT2D eigenvalue weighted by Crippen LogP contribution is -2.41. The number of thiophene rings is 1. The number of piperidine rings is 1. The van der Waals surface area contributed by atoms with Crippen LogP contribution in [-0.2, 0) is 11.2 Å². The zero-order chi connectivity index (χ0) is 17.1. The van der Waals surface area contributed by atoms with Crippen LogP contribution in [0.25, 0.3) is 11.3 Å². The van der Waals surface area contributed by atoms with Crippen molar-refractivity contribution in [2.75, 3.05) is 13.1 Å². The third-order valence-electron chi connectivity index (χ3n) is 4.51. The fourth-order valence-electron chi connectivity index (χ4n) is 3.16. The second-order valence-corrected chi connectivity index (χ2v) is 7.50. The van der Waals surface area contributed by atoms with Crippen LogP contribution in [0, 0.1) is 11.8 Å². The predicted molar refractivity (Wildman–Crippen MR) is 96.0 cm³/mol. The van der Waals surface area contributed by atoms with Gasteiger partial charge in [-0.1, -0.05) is 13.8 Å². The Bertz CT molecular complexity index is 744. The van der Waals surface area contributed by atoms with Gasteiger partial charge in [-0.15, -0.1) is 0 Å². The van der Waals surface area contributed by atoms with Crippen molar-refractivity contribution in [1.82, 2.24) is 14.9 Å². The largest absolute Gasteiger partial charge is 0.342 e. The van der Waals surface area contributed by atoms with Gasteiger partial charge in [0, 0.05) is 42.4 Å². The van der Waals surface area contributed by atoms with Crippen LogP contribution in [0.15, 0.2) is 27.7 Å². The van der Waals surface area contributed by atoms with Gasteiger partial charge in [0.15, 0.2) is 0 Å². The summed E-state index contributed by atoms with van der Waals surface area (Å²) in [5.41, 5.74) is 1.63. The highest BCUT2D eigenvalue weighted by Gasteiger charge is 2.24. The van der Waals surface area contributed by atoms with Crippen LogP contribution in [0.1, 0.15) is 32.5 Å². The molecule has 1 fully saturated rings. The Morgan fingerprint density at radius 1 is 1.42 bits per heavy atom. The van der Waals surface area contributed by atoms with E-state index in [4.69, 9.17) is 0 Å². The molecule has 128 valence electrons. The maximum absolute atomic E-state index is 12.1. The summed E-state index contributed by atoms with van der Waals surface area (Å²) in [5, 5.41) is 3.99. The van der Waals surface area contributed by atoms with E-state index in [1.807, 2.05) is 35.6 Å². The van der Waals surface area contributed by atoms with Crippen molar-refractivity contribution < 1.29 is 4.79 Å². The van der Waals surface area contributed by atoms with Crippen LogP contribution < -0.4 is 5.56 Å². The monoisotopic (exact) mass is 345 g/mol. The van der Waals surface area contributed by atoms with Crippen LogP contribution in [0.3, 0.4) is 0 Å². The van der Waals surface area contributed by atoms with Gasteiger partial charge < -0.3 is 9.88 Å². The molecule has 0 unspecified atom stereocenters. The van der Waals surface area contributed by atoms with Gasteiger partial charge in [-0.2, -0.15) is 11.3 Å². The smallest absolute Gasteiger partial charge is 0.251 e. The molecule has 1 saturated heterocycles. The molecule has 0 bridgehead atoms. The molecular formula is C18H23N3O2S. The van der Waals surface area contributed by atoms with Crippen LogP contribution in [0.4, 0.5) is 0 Å². The van der Waals surface area contributed by atoms with E-state index in [0.29, 0.717) is 5.92 Å². The SMILES string of the molecule is CC(C)C(=O)N1CCC(Cc2nc(-c3ccsc3)cc(=O)[nH]2)CC1. The van der Waals surface area contributed by atoms with Gasteiger partial charge in [0.2, 0.25) is 5.91 Å². The molecule has 0 spiro atoms. The van der Waals surface area contributed by atoms with Gasteiger partial charge in [-0.05, 0) is 30.2 Å². The van der Waals surface area contributed by atoms with Crippen molar-refractivity contribution in [1.29, 1.82) is 0 Å². The number of nitrogens with zero attached hydrogens (tertiary/aromatic N) is 2. The highest BCUT2D eigenvalue weighted by molar-refractivity contribution is 7.08. The third kappa shape index (κ3) is 3.93. The Balaban J connectivity index is 1.65. The minimum atomic E-state index is -0.103. The van der Waals surface area contributed by atoms with Gasteiger partial charge in [0.1, 0.15) is 5.82 Å². The third-order valence-corrected chi connectivity index (χ3v) is 5.19. The van der Waals surface area contributed by atoms with Crippen molar-refractivity contribution in [3.8, 4) is 11.3 Å². The molecular weight excluding hydrogens is 322 g/mol. The van der Waals surface area contributed by atoms with Gasteiger partial charge in [0.25, 0.3) is 5.56 Å². The number of carbonyl (C=O) groups is 1. The molecule has 3 heterocycles. The predicted octanol–water partition coefficient (Wildman–Crippen LogP) is 2.94. The van der Waals surface area contributed by atoms with Gasteiger partial charge in [-0.3, -0.25) is 9.59 Å². The van der Waals surface area contributed by atoms with E-state index in [-0.39, 0.29) is 17.4 Å². The number of H-pyrrole nitrogens is 1. The maximum atomic E-state index is 12.1. The van der Waals surface area contributed by atoms with E-state index < -0.39 is 0 Å². The van der Waals surface area contributed by atoms with Crippen LogP contribution >= 0.6 is 11.3 Å². The molecule has 1 N–H and O–H groups in total. The number of amides is 1. The van der Waals surface area contributed by atoms with E-state index in [1.165, 1.54) is 0 Å². The molecule has 2 aromatic heterocycles. The summed E-state index contributed by atoms with van der Waals surface area (Å²) >= 11 is 1.60. The Kier molecular flexibility index (Phi) is 5.14. The van der Waals surface area contributed by atoms with Crippen molar-refractivity contribution in [2.24, 2.45) is 11.8 Å². The number of hydrogen-bond acceptors (Lipinski definition) is 4. The average Bonchev–Trinajstić information content (AvgIpc) is 3.09. The fourth-order valence-corrected chi connectivity index (χ4v) is 3.81. The van der Waals surface area contributed by atoms with Crippen molar-refractivity contribution in [3.63, 3.8) is 0 Å². The summed E-state index contributed by atoms with van der Waals surface area (Å²) in [5.74, 6) is 1.50. The maximum Gasteiger partial charge on any atom is 0.251 e. The molecule has 5 nitrogen and oxygen atoms in total. The summed E-state index contributed by atoms with van der Waals surface area (Å²) in [4.78, 5) is 33.4. The normalized spacial score (nSPS) is 15.9. The molecule has 1 aliphatic heterocycles. The Hall–Kier alpha value is -1.95. The molecule has 0 saturated carbocycles. The minimum absolute atomic E-state index is 0.0573. The Labute approximate surface area is 145 Å². The topological polar surface area (TPSA) is 66.1 Å². The lowest BCUT2D eigenvalue weighted by Gasteiger charge is -2.33. The average molecular weight is 345 g/mol. The van der Waals surface area contributed by atoms with E-state index in [0.717, 1.165) is 49.4 Å². The first kappa shape index (κ1) is 16.9. The number of aromatic nitrogens is 2. The van der Waals surface area contributed by atoms with Crippen LogP contribution in [0.5, 0.6) is 0 Å².